The van der Waals surface area contributed by atoms with Gasteiger partial charge < -0.3 is 15.4 Å². The van der Waals surface area contributed by atoms with Crippen LogP contribution in [-0.2, 0) is 9.53 Å². The summed E-state index contributed by atoms with van der Waals surface area (Å²) >= 11 is 0. The third-order valence-corrected chi connectivity index (χ3v) is 3.50. The van der Waals surface area contributed by atoms with Gasteiger partial charge in [0.25, 0.3) is 0 Å². The third kappa shape index (κ3) is 7.50. The molecule has 0 aliphatic heterocycles. The van der Waals surface area contributed by atoms with Gasteiger partial charge in [-0.1, -0.05) is 13.8 Å². The van der Waals surface area contributed by atoms with Crippen LogP contribution < -0.4 is 5.73 Å². The quantitative estimate of drug-likeness (QED) is 0.608. The molecule has 0 saturated carbocycles. The number of methoxy groups -OCH3 is 1. The van der Waals surface area contributed by atoms with Crippen molar-refractivity contribution in [3.05, 3.63) is 0 Å². The summed E-state index contributed by atoms with van der Waals surface area (Å²) in [5.41, 5.74) is 5.47. The minimum atomic E-state index is 0.163. The second-order valence-corrected chi connectivity index (χ2v) is 4.89. The van der Waals surface area contributed by atoms with E-state index >= 15 is 0 Å². The number of rotatable bonds is 11. The Morgan fingerprint density at radius 3 is 2.37 bits per heavy atom. The van der Waals surface area contributed by atoms with Gasteiger partial charge >= 0.3 is 0 Å². The van der Waals surface area contributed by atoms with Gasteiger partial charge in [-0.05, 0) is 25.8 Å². The highest BCUT2D eigenvalue weighted by atomic mass is 16.5. The molecule has 0 aromatic heterocycles. The highest BCUT2D eigenvalue weighted by Gasteiger charge is 2.19. The number of carbonyl (C=O) groups is 1. The molecule has 114 valence electrons. The maximum Gasteiger partial charge on any atom is 0.236 e. The molecule has 0 aromatic rings. The molecule has 0 unspecified atom stereocenters. The summed E-state index contributed by atoms with van der Waals surface area (Å²) in [5, 5.41) is 0. The van der Waals surface area contributed by atoms with Crippen LogP contribution in [0.15, 0.2) is 0 Å². The Morgan fingerprint density at radius 2 is 1.89 bits per heavy atom. The van der Waals surface area contributed by atoms with Crippen LogP contribution >= 0.6 is 0 Å². The molecule has 0 atom stereocenters. The number of amides is 1. The van der Waals surface area contributed by atoms with E-state index in [0.717, 1.165) is 32.4 Å². The molecule has 2 N–H and O–H groups in total. The van der Waals surface area contributed by atoms with Gasteiger partial charge in [-0.25, -0.2) is 0 Å². The molecule has 0 aromatic carbocycles. The van der Waals surface area contributed by atoms with Gasteiger partial charge in [0.2, 0.25) is 5.91 Å². The molecule has 0 aliphatic rings. The lowest BCUT2D eigenvalue weighted by molar-refractivity contribution is -0.132. The lowest BCUT2D eigenvalue weighted by Crippen LogP contribution is -2.45. The van der Waals surface area contributed by atoms with Crippen LogP contribution in [0.3, 0.4) is 0 Å². The molecule has 0 rings (SSSR count). The molecule has 0 fully saturated rings. The minimum absolute atomic E-state index is 0.163. The van der Waals surface area contributed by atoms with Gasteiger partial charge in [0.1, 0.15) is 0 Å². The van der Waals surface area contributed by atoms with Crippen molar-refractivity contribution in [2.75, 3.05) is 46.9 Å². The fourth-order valence-electron chi connectivity index (χ4n) is 2.15. The molecule has 19 heavy (non-hydrogen) atoms. The van der Waals surface area contributed by atoms with E-state index in [4.69, 9.17) is 10.5 Å². The Balaban J connectivity index is 4.39. The normalized spacial score (nSPS) is 11.3. The summed E-state index contributed by atoms with van der Waals surface area (Å²) < 4.78 is 5.14. The average Bonchev–Trinajstić information content (AvgIpc) is 2.42. The Bertz CT molecular complexity index is 233. The smallest absolute Gasteiger partial charge is 0.236 e. The first-order valence-electron chi connectivity index (χ1n) is 7.27. The first-order chi connectivity index (χ1) is 9.10. The predicted molar refractivity (Wildman–Crippen MR) is 79.1 cm³/mol. The van der Waals surface area contributed by atoms with Crippen molar-refractivity contribution in [2.24, 2.45) is 5.73 Å². The van der Waals surface area contributed by atoms with Crippen molar-refractivity contribution < 1.29 is 9.53 Å². The molecule has 0 aliphatic carbocycles. The van der Waals surface area contributed by atoms with Gasteiger partial charge in [0.05, 0.1) is 13.2 Å². The summed E-state index contributed by atoms with van der Waals surface area (Å²) in [6.45, 7) is 7.62. The first kappa shape index (κ1) is 18.4. The van der Waals surface area contributed by atoms with E-state index in [2.05, 4.69) is 18.7 Å². The topological polar surface area (TPSA) is 58.8 Å². The van der Waals surface area contributed by atoms with Crippen LogP contribution in [0.4, 0.5) is 0 Å². The summed E-state index contributed by atoms with van der Waals surface area (Å²) in [4.78, 5) is 16.2. The highest BCUT2D eigenvalue weighted by Crippen LogP contribution is 2.08. The Hall–Kier alpha value is -0.650. The van der Waals surface area contributed by atoms with Crippen molar-refractivity contribution in [1.29, 1.82) is 0 Å². The Kier molecular flexibility index (Phi) is 10.8. The second-order valence-electron chi connectivity index (χ2n) is 4.89. The van der Waals surface area contributed by atoms with Gasteiger partial charge in [0, 0.05) is 33.3 Å². The minimum Gasteiger partial charge on any atom is -0.383 e. The molecule has 0 saturated heterocycles. The molecule has 0 bridgehead atoms. The maximum absolute atomic E-state index is 12.2. The van der Waals surface area contributed by atoms with E-state index in [1.165, 1.54) is 0 Å². The van der Waals surface area contributed by atoms with E-state index < -0.39 is 0 Å². The van der Waals surface area contributed by atoms with E-state index in [-0.39, 0.29) is 5.91 Å². The van der Waals surface area contributed by atoms with Crippen LogP contribution in [-0.4, -0.2) is 68.7 Å². The van der Waals surface area contributed by atoms with Crippen molar-refractivity contribution in [3.8, 4) is 0 Å². The molecule has 0 spiro atoms. The van der Waals surface area contributed by atoms with Gasteiger partial charge in [-0.15, -0.1) is 0 Å². The lowest BCUT2D eigenvalue weighted by atomic mass is 10.1. The molecule has 5 nitrogen and oxygen atoms in total. The second kappa shape index (κ2) is 11.2. The summed E-state index contributed by atoms with van der Waals surface area (Å²) in [5.74, 6) is 0.163. The van der Waals surface area contributed by atoms with Crippen LogP contribution in [0.1, 0.15) is 33.1 Å². The zero-order valence-electron chi connectivity index (χ0n) is 13.0. The molecule has 1 amide bonds. The van der Waals surface area contributed by atoms with Crippen LogP contribution in [0.25, 0.3) is 0 Å². The molecule has 0 heterocycles. The van der Waals surface area contributed by atoms with Crippen molar-refractivity contribution in [1.82, 2.24) is 9.80 Å². The van der Waals surface area contributed by atoms with Crippen molar-refractivity contribution in [3.63, 3.8) is 0 Å². The summed E-state index contributed by atoms with van der Waals surface area (Å²) in [6, 6.07) is 0.446. The van der Waals surface area contributed by atoms with Gasteiger partial charge in [-0.3, -0.25) is 9.69 Å². The number of likely N-dealkylation sites (N-methyl/N-ethyl adjacent to an activating group) is 1. The molecular formula is C14H31N3O2. The van der Waals surface area contributed by atoms with E-state index in [9.17, 15) is 4.79 Å². The van der Waals surface area contributed by atoms with Crippen molar-refractivity contribution in [2.45, 2.75) is 39.2 Å². The van der Waals surface area contributed by atoms with Crippen LogP contribution in [0, 0.1) is 0 Å². The number of nitrogens with zero attached hydrogens (tertiary/aromatic N) is 2. The average molecular weight is 273 g/mol. The zero-order valence-corrected chi connectivity index (χ0v) is 13.0. The van der Waals surface area contributed by atoms with E-state index in [1.54, 1.807) is 12.0 Å². The third-order valence-electron chi connectivity index (χ3n) is 3.50. The predicted octanol–water partition coefficient (Wildman–Crippen LogP) is 0.931. The fourth-order valence-corrected chi connectivity index (χ4v) is 2.15. The standard InChI is InChI=1S/C14H31N3O2/c1-5-13(6-2)17(10-11-19-4)12-14(18)16(3)9-7-8-15/h13H,5-12,15H2,1-4H3. The number of carbonyl (C=O) groups excluding carboxylic acids is 1. The largest absolute Gasteiger partial charge is 0.383 e. The van der Waals surface area contributed by atoms with E-state index in [1.807, 2.05) is 7.05 Å². The number of nitrogens with two attached hydrogens (primary N) is 1. The molecule has 0 radical (unpaired) electrons. The Morgan fingerprint density at radius 1 is 1.26 bits per heavy atom. The monoisotopic (exact) mass is 273 g/mol. The highest BCUT2D eigenvalue weighted by molar-refractivity contribution is 5.78. The fraction of sp³-hybridized carbons (Fsp3) is 0.929. The number of hydrogen-bond donors (Lipinski definition) is 1. The molecule has 5 heteroatoms. The van der Waals surface area contributed by atoms with Crippen molar-refractivity contribution >= 4 is 5.91 Å². The number of hydrogen-bond acceptors (Lipinski definition) is 4. The zero-order chi connectivity index (χ0) is 14.7. The van der Waals surface area contributed by atoms with Gasteiger partial charge in [0.15, 0.2) is 0 Å². The summed E-state index contributed by atoms with van der Waals surface area (Å²) in [7, 11) is 3.54. The molecular weight excluding hydrogens is 242 g/mol. The van der Waals surface area contributed by atoms with Gasteiger partial charge in [-0.2, -0.15) is 0 Å². The first-order valence-corrected chi connectivity index (χ1v) is 7.27. The maximum atomic E-state index is 12.2. The Labute approximate surface area is 118 Å². The van der Waals surface area contributed by atoms with Crippen LogP contribution in [0.2, 0.25) is 0 Å². The summed E-state index contributed by atoms with van der Waals surface area (Å²) in [6.07, 6.45) is 2.96. The van der Waals surface area contributed by atoms with E-state index in [0.29, 0.717) is 25.7 Å². The lowest BCUT2D eigenvalue weighted by Gasteiger charge is -2.31. The number of ether oxygens (including phenoxy) is 1. The van der Waals surface area contributed by atoms with Crippen LogP contribution in [0.5, 0.6) is 0 Å². The SMILES string of the molecule is CCC(CC)N(CCOC)CC(=O)N(C)CCCN.